The Morgan fingerprint density at radius 1 is 1.46 bits per heavy atom. The summed E-state index contributed by atoms with van der Waals surface area (Å²) in [5.41, 5.74) is 5.12. The molecule has 0 aliphatic carbocycles. The molecule has 3 N–H and O–H groups in total. The third-order valence-corrected chi connectivity index (χ3v) is 1.34. The first-order chi connectivity index (χ1) is 5.75. The molecule has 1 aromatic rings. The molecule has 0 bridgehead atoms. The van der Waals surface area contributed by atoms with E-state index in [1.165, 1.54) is 12.1 Å². The zero-order valence-corrected chi connectivity index (χ0v) is 7.58. The Kier molecular flexibility index (Phi) is 4.87. The highest BCUT2D eigenvalue weighted by molar-refractivity contribution is 5.92. The summed E-state index contributed by atoms with van der Waals surface area (Å²) in [6, 6.07) is 6.13. The number of nitrogens with two attached hydrogens (primary N) is 1. The van der Waals surface area contributed by atoms with Gasteiger partial charge in [0.05, 0.1) is 0 Å². The number of phenolic OH excluding ortho intramolecular Hbond substituents is 1. The molecule has 0 spiro atoms. The summed E-state index contributed by atoms with van der Waals surface area (Å²) in [4.78, 5) is 11.0. The van der Waals surface area contributed by atoms with E-state index >= 15 is 0 Å². The lowest BCUT2D eigenvalue weighted by Gasteiger charge is -2.02. The van der Waals surface area contributed by atoms with Crippen LogP contribution < -0.4 is 5.73 Å². The molecular weight excluding hydrogens is 194 g/mol. The van der Waals surface area contributed by atoms with Crippen LogP contribution in [0.15, 0.2) is 24.3 Å². The van der Waals surface area contributed by atoms with Crippen LogP contribution in [0.25, 0.3) is 0 Å². The Bertz CT molecular complexity index is 290. The minimum absolute atomic E-state index is 0. The number of halogens is 1. The van der Waals surface area contributed by atoms with Crippen LogP contribution in [0.3, 0.4) is 0 Å². The monoisotopic (exact) mass is 203 g/mol. The van der Waals surface area contributed by atoms with Crippen molar-refractivity contribution in [3.63, 3.8) is 0 Å². The molecule has 0 radical (unpaired) electrons. The molecule has 0 fully saturated rings. The van der Waals surface area contributed by atoms with E-state index in [1.54, 1.807) is 12.1 Å². The molecule has 0 unspecified atom stereocenters. The molecule has 13 heavy (non-hydrogen) atoms. The Labute approximate surface area is 81.7 Å². The Hall–Kier alpha value is -1.26. The fourth-order valence-electron chi connectivity index (χ4n) is 0.800. The van der Waals surface area contributed by atoms with E-state index in [2.05, 4.69) is 4.74 Å². The third kappa shape index (κ3) is 2.93. The molecule has 0 saturated carbocycles. The summed E-state index contributed by atoms with van der Waals surface area (Å²) in [6.07, 6.45) is 0. The highest BCUT2D eigenvalue weighted by Crippen LogP contribution is 2.15. The number of hydrogen-bond acceptors (Lipinski definition) is 4. The van der Waals surface area contributed by atoms with Gasteiger partial charge in [0, 0.05) is 0 Å². The average Bonchev–Trinajstić information content (AvgIpc) is 2.05. The van der Waals surface area contributed by atoms with Crippen LogP contribution in [-0.4, -0.2) is 17.8 Å². The van der Waals surface area contributed by atoms with Crippen molar-refractivity contribution in [1.82, 2.24) is 0 Å². The van der Waals surface area contributed by atoms with Crippen molar-refractivity contribution in [1.29, 1.82) is 0 Å². The number of phenols is 1. The average molecular weight is 204 g/mol. The molecule has 0 amide bonds. The summed E-state index contributed by atoms with van der Waals surface area (Å²) in [5, 5.41) is 9.17. The molecule has 0 aliphatic heterocycles. The molecule has 1 aromatic carbocycles. The fourth-order valence-corrected chi connectivity index (χ4v) is 0.800. The molecule has 0 saturated heterocycles. The summed E-state index contributed by atoms with van der Waals surface area (Å²) in [5.74, 6) is -0.716. The van der Waals surface area contributed by atoms with Crippen LogP contribution >= 0.6 is 12.4 Å². The van der Waals surface area contributed by atoms with Crippen LogP contribution in [0, 0.1) is 0 Å². The van der Waals surface area contributed by atoms with E-state index in [0.717, 1.165) is 0 Å². The molecule has 72 valence electrons. The lowest BCUT2D eigenvalue weighted by molar-refractivity contribution is 0.0512. The maximum absolute atomic E-state index is 11.0. The Morgan fingerprint density at radius 3 is 2.62 bits per heavy atom. The molecular formula is C8H10ClNO3. The predicted octanol–water partition coefficient (Wildman–Crippen LogP) is 0.887. The molecule has 4 nitrogen and oxygen atoms in total. The Morgan fingerprint density at radius 2 is 2.08 bits per heavy atom. The second-order valence-corrected chi connectivity index (χ2v) is 2.12. The van der Waals surface area contributed by atoms with Crippen LogP contribution in [0.4, 0.5) is 0 Å². The zero-order chi connectivity index (χ0) is 8.97. The number of esters is 1. The number of rotatable bonds is 2. The molecule has 1 rings (SSSR count). The number of para-hydroxylation sites is 1. The van der Waals surface area contributed by atoms with E-state index in [0.29, 0.717) is 0 Å². The number of carbonyl (C=O) groups excluding carboxylic acids is 1. The van der Waals surface area contributed by atoms with Crippen molar-refractivity contribution >= 4 is 18.4 Å². The van der Waals surface area contributed by atoms with Gasteiger partial charge in [0.2, 0.25) is 0 Å². The van der Waals surface area contributed by atoms with Crippen LogP contribution in [-0.2, 0) is 4.74 Å². The highest BCUT2D eigenvalue weighted by Gasteiger charge is 2.09. The summed E-state index contributed by atoms with van der Waals surface area (Å²) in [6.45, 7) is -0.187. The van der Waals surface area contributed by atoms with Gasteiger partial charge in [0.15, 0.2) is 0 Å². The van der Waals surface area contributed by atoms with Gasteiger partial charge >= 0.3 is 5.97 Å². The van der Waals surface area contributed by atoms with Crippen molar-refractivity contribution in [3.8, 4) is 5.75 Å². The van der Waals surface area contributed by atoms with Gasteiger partial charge in [-0.1, -0.05) is 12.1 Å². The number of carbonyl (C=O) groups is 1. The summed E-state index contributed by atoms with van der Waals surface area (Å²) < 4.78 is 4.49. The first kappa shape index (κ1) is 11.7. The second kappa shape index (κ2) is 5.40. The van der Waals surface area contributed by atoms with Gasteiger partial charge in [-0.05, 0) is 12.1 Å². The molecule has 0 aliphatic rings. The van der Waals surface area contributed by atoms with E-state index in [9.17, 15) is 4.79 Å². The Balaban J connectivity index is 0.00000144. The van der Waals surface area contributed by atoms with Gasteiger partial charge in [-0.3, -0.25) is 5.73 Å². The van der Waals surface area contributed by atoms with Gasteiger partial charge in [-0.15, -0.1) is 12.4 Å². The lowest BCUT2D eigenvalue weighted by atomic mass is 10.2. The van der Waals surface area contributed by atoms with Crippen LogP contribution in [0.2, 0.25) is 0 Å². The topological polar surface area (TPSA) is 72.5 Å². The van der Waals surface area contributed by atoms with Crippen LogP contribution in [0.5, 0.6) is 5.75 Å². The largest absolute Gasteiger partial charge is 0.507 e. The lowest BCUT2D eigenvalue weighted by Crippen LogP contribution is -2.12. The number of aromatic hydroxyl groups is 1. The smallest absolute Gasteiger partial charge is 0.343 e. The maximum atomic E-state index is 11.0. The van der Waals surface area contributed by atoms with E-state index in [1.807, 2.05) is 0 Å². The third-order valence-electron chi connectivity index (χ3n) is 1.34. The molecule has 0 atom stereocenters. The molecule has 0 aromatic heterocycles. The quantitative estimate of drug-likeness (QED) is 0.553. The SMILES string of the molecule is Cl.NCOC(=O)c1ccccc1O. The summed E-state index contributed by atoms with van der Waals surface area (Å²) in [7, 11) is 0. The fraction of sp³-hybridized carbons (Fsp3) is 0.125. The van der Waals surface area contributed by atoms with Crippen molar-refractivity contribution in [2.24, 2.45) is 5.73 Å². The number of ether oxygens (including phenoxy) is 1. The standard InChI is InChI=1S/C8H9NO3.ClH/c9-5-12-8(11)6-3-1-2-4-7(6)10;/h1-4,10H,5,9H2;1H. The van der Waals surface area contributed by atoms with Crippen molar-refractivity contribution in [2.45, 2.75) is 0 Å². The zero-order valence-electron chi connectivity index (χ0n) is 6.77. The first-order valence-corrected chi connectivity index (χ1v) is 3.41. The van der Waals surface area contributed by atoms with Crippen molar-refractivity contribution in [2.75, 3.05) is 6.73 Å². The second-order valence-electron chi connectivity index (χ2n) is 2.12. The number of benzene rings is 1. The maximum Gasteiger partial charge on any atom is 0.343 e. The van der Waals surface area contributed by atoms with E-state index < -0.39 is 5.97 Å². The number of hydrogen-bond donors (Lipinski definition) is 2. The normalized spacial score (nSPS) is 8.69. The van der Waals surface area contributed by atoms with E-state index in [4.69, 9.17) is 10.8 Å². The molecule has 5 heteroatoms. The first-order valence-electron chi connectivity index (χ1n) is 3.41. The minimum atomic E-state index is -0.615. The minimum Gasteiger partial charge on any atom is -0.507 e. The van der Waals surface area contributed by atoms with Gasteiger partial charge < -0.3 is 9.84 Å². The summed E-state index contributed by atoms with van der Waals surface area (Å²) >= 11 is 0. The van der Waals surface area contributed by atoms with Crippen molar-refractivity contribution < 1.29 is 14.6 Å². The highest BCUT2D eigenvalue weighted by atomic mass is 35.5. The van der Waals surface area contributed by atoms with Gasteiger partial charge in [0.25, 0.3) is 0 Å². The van der Waals surface area contributed by atoms with Gasteiger partial charge in [0.1, 0.15) is 18.0 Å². The van der Waals surface area contributed by atoms with Gasteiger partial charge in [-0.2, -0.15) is 0 Å². The molecule has 0 heterocycles. The predicted molar refractivity (Wildman–Crippen MR) is 49.8 cm³/mol. The van der Waals surface area contributed by atoms with Gasteiger partial charge in [-0.25, -0.2) is 4.79 Å². The van der Waals surface area contributed by atoms with Crippen LogP contribution in [0.1, 0.15) is 10.4 Å². The van der Waals surface area contributed by atoms with E-state index in [-0.39, 0.29) is 30.5 Å². The van der Waals surface area contributed by atoms with Crippen molar-refractivity contribution in [3.05, 3.63) is 29.8 Å².